The second kappa shape index (κ2) is 8.31. The molecule has 1 fully saturated rings. The monoisotopic (exact) mass is 376 g/mol. The molecule has 0 bridgehead atoms. The third-order valence-electron chi connectivity index (χ3n) is 4.91. The Morgan fingerprint density at radius 1 is 1.07 bits per heavy atom. The van der Waals surface area contributed by atoms with E-state index in [-0.39, 0.29) is 0 Å². The number of aromatic nitrogens is 4. The molecule has 1 saturated heterocycles. The fourth-order valence-electron chi connectivity index (χ4n) is 3.11. The van der Waals surface area contributed by atoms with Crippen LogP contribution in [0.4, 0.5) is 11.6 Å². The van der Waals surface area contributed by atoms with E-state index in [1.54, 1.807) is 12.4 Å². The number of pyridine rings is 2. The van der Waals surface area contributed by atoms with Crippen LogP contribution in [-0.2, 0) is 11.3 Å². The molecule has 1 N–H and O–H groups in total. The van der Waals surface area contributed by atoms with E-state index in [1.165, 1.54) is 0 Å². The lowest BCUT2D eigenvalue weighted by molar-refractivity contribution is 0.122. The molecule has 0 unspecified atom stereocenters. The third-order valence-corrected chi connectivity index (χ3v) is 4.91. The SMILES string of the molecule is Cc1nc(-c2cccnc2)nc(NCc2ccc(N3CCOCC3)nc2)c1C. The molecular formula is C21H24N6O. The molecule has 4 rings (SSSR count). The van der Waals surface area contributed by atoms with Crippen LogP contribution >= 0.6 is 0 Å². The fraction of sp³-hybridized carbons (Fsp3) is 0.333. The van der Waals surface area contributed by atoms with Crippen LogP contribution < -0.4 is 10.2 Å². The Bertz CT molecular complexity index is 924. The standard InChI is InChI=1S/C21H24N6O/c1-15-16(2)25-21(18-4-3-7-22-14-18)26-20(15)24-13-17-5-6-19(23-12-17)27-8-10-28-11-9-27/h3-7,12,14H,8-11,13H2,1-2H3,(H,24,25,26). The van der Waals surface area contributed by atoms with E-state index in [0.717, 1.165) is 60.3 Å². The van der Waals surface area contributed by atoms with Crippen molar-refractivity contribution in [3.63, 3.8) is 0 Å². The smallest absolute Gasteiger partial charge is 0.163 e. The van der Waals surface area contributed by atoms with Gasteiger partial charge in [-0.25, -0.2) is 15.0 Å². The van der Waals surface area contributed by atoms with Crippen molar-refractivity contribution in [2.24, 2.45) is 0 Å². The van der Waals surface area contributed by atoms with Crippen LogP contribution in [0, 0.1) is 13.8 Å². The number of nitrogens with zero attached hydrogens (tertiary/aromatic N) is 5. The summed E-state index contributed by atoms with van der Waals surface area (Å²) in [6.45, 7) is 7.99. The van der Waals surface area contributed by atoms with Gasteiger partial charge in [-0.15, -0.1) is 0 Å². The number of nitrogens with one attached hydrogen (secondary N) is 1. The predicted molar refractivity (Wildman–Crippen MR) is 109 cm³/mol. The summed E-state index contributed by atoms with van der Waals surface area (Å²) < 4.78 is 5.40. The molecule has 0 amide bonds. The summed E-state index contributed by atoms with van der Waals surface area (Å²) in [6, 6.07) is 8.04. The molecule has 0 atom stereocenters. The van der Waals surface area contributed by atoms with Crippen molar-refractivity contribution in [3.8, 4) is 11.4 Å². The average molecular weight is 376 g/mol. The number of ether oxygens (including phenoxy) is 1. The maximum atomic E-state index is 5.40. The van der Waals surface area contributed by atoms with Gasteiger partial charge in [0.15, 0.2) is 5.82 Å². The van der Waals surface area contributed by atoms with Gasteiger partial charge in [-0.2, -0.15) is 0 Å². The van der Waals surface area contributed by atoms with Crippen molar-refractivity contribution in [3.05, 3.63) is 59.7 Å². The van der Waals surface area contributed by atoms with E-state index >= 15 is 0 Å². The van der Waals surface area contributed by atoms with Gasteiger partial charge in [0.25, 0.3) is 0 Å². The maximum Gasteiger partial charge on any atom is 0.163 e. The Balaban J connectivity index is 1.48. The summed E-state index contributed by atoms with van der Waals surface area (Å²) in [5.41, 5.74) is 4.02. The third kappa shape index (κ3) is 4.09. The van der Waals surface area contributed by atoms with Gasteiger partial charge >= 0.3 is 0 Å². The first-order valence-electron chi connectivity index (χ1n) is 9.48. The number of anilines is 2. The molecular weight excluding hydrogens is 352 g/mol. The molecule has 28 heavy (non-hydrogen) atoms. The highest BCUT2D eigenvalue weighted by Gasteiger charge is 2.13. The van der Waals surface area contributed by atoms with E-state index in [0.29, 0.717) is 12.4 Å². The zero-order valence-electron chi connectivity index (χ0n) is 16.2. The Labute approximate surface area is 164 Å². The van der Waals surface area contributed by atoms with Gasteiger partial charge in [0.2, 0.25) is 0 Å². The second-order valence-electron chi connectivity index (χ2n) is 6.83. The first kappa shape index (κ1) is 18.3. The Hall–Kier alpha value is -3.06. The largest absolute Gasteiger partial charge is 0.378 e. The van der Waals surface area contributed by atoms with Crippen LogP contribution in [0.1, 0.15) is 16.8 Å². The molecule has 144 valence electrons. The predicted octanol–water partition coefficient (Wildman–Crippen LogP) is 3.00. The van der Waals surface area contributed by atoms with E-state index in [4.69, 9.17) is 9.72 Å². The van der Waals surface area contributed by atoms with Crippen molar-refractivity contribution in [1.82, 2.24) is 19.9 Å². The second-order valence-corrected chi connectivity index (χ2v) is 6.83. The maximum absolute atomic E-state index is 5.40. The van der Waals surface area contributed by atoms with E-state index < -0.39 is 0 Å². The van der Waals surface area contributed by atoms with Gasteiger partial charge in [0, 0.05) is 55.0 Å². The van der Waals surface area contributed by atoms with Gasteiger partial charge < -0.3 is 15.0 Å². The van der Waals surface area contributed by atoms with Crippen molar-refractivity contribution in [1.29, 1.82) is 0 Å². The molecule has 4 heterocycles. The van der Waals surface area contributed by atoms with Crippen LogP contribution in [0.2, 0.25) is 0 Å². The van der Waals surface area contributed by atoms with Gasteiger partial charge in [-0.05, 0) is 37.6 Å². The Morgan fingerprint density at radius 2 is 1.93 bits per heavy atom. The molecule has 3 aromatic heterocycles. The minimum atomic E-state index is 0.653. The van der Waals surface area contributed by atoms with Crippen molar-refractivity contribution < 1.29 is 4.74 Å². The van der Waals surface area contributed by atoms with Crippen molar-refractivity contribution >= 4 is 11.6 Å². The summed E-state index contributed by atoms with van der Waals surface area (Å²) in [4.78, 5) is 20.3. The number of hydrogen-bond acceptors (Lipinski definition) is 7. The van der Waals surface area contributed by atoms with Crippen LogP contribution in [0.5, 0.6) is 0 Å². The highest BCUT2D eigenvalue weighted by Crippen LogP contribution is 2.22. The summed E-state index contributed by atoms with van der Waals surface area (Å²) in [5, 5.41) is 3.43. The fourth-order valence-corrected chi connectivity index (χ4v) is 3.11. The molecule has 0 saturated carbocycles. The van der Waals surface area contributed by atoms with Crippen molar-refractivity contribution in [2.45, 2.75) is 20.4 Å². The average Bonchev–Trinajstić information content (AvgIpc) is 2.76. The van der Waals surface area contributed by atoms with Crippen LogP contribution in [0.25, 0.3) is 11.4 Å². The first-order chi connectivity index (χ1) is 13.7. The molecule has 3 aromatic rings. The number of rotatable bonds is 5. The number of morpholine rings is 1. The zero-order valence-corrected chi connectivity index (χ0v) is 16.2. The van der Waals surface area contributed by atoms with E-state index in [9.17, 15) is 0 Å². The summed E-state index contributed by atoms with van der Waals surface area (Å²) in [6.07, 6.45) is 5.45. The van der Waals surface area contributed by atoms with Gasteiger partial charge in [-0.3, -0.25) is 4.98 Å². The molecule has 7 nitrogen and oxygen atoms in total. The lowest BCUT2D eigenvalue weighted by Crippen LogP contribution is -2.36. The topological polar surface area (TPSA) is 76.1 Å². The summed E-state index contributed by atoms with van der Waals surface area (Å²) in [5.74, 6) is 2.52. The molecule has 0 aliphatic carbocycles. The number of aryl methyl sites for hydroxylation is 1. The molecule has 0 radical (unpaired) electrons. The van der Waals surface area contributed by atoms with E-state index in [1.807, 2.05) is 32.2 Å². The molecule has 1 aliphatic rings. The lowest BCUT2D eigenvalue weighted by Gasteiger charge is -2.27. The molecule has 1 aliphatic heterocycles. The minimum Gasteiger partial charge on any atom is -0.378 e. The summed E-state index contributed by atoms with van der Waals surface area (Å²) in [7, 11) is 0. The van der Waals surface area contributed by atoms with Crippen LogP contribution in [0.15, 0.2) is 42.9 Å². The normalized spacial score (nSPS) is 14.1. The van der Waals surface area contributed by atoms with Crippen LogP contribution in [0.3, 0.4) is 0 Å². The van der Waals surface area contributed by atoms with Crippen molar-refractivity contribution in [2.75, 3.05) is 36.5 Å². The highest BCUT2D eigenvalue weighted by atomic mass is 16.5. The van der Waals surface area contributed by atoms with E-state index in [2.05, 4.69) is 37.3 Å². The number of hydrogen-bond donors (Lipinski definition) is 1. The molecule has 0 aromatic carbocycles. The molecule has 7 heteroatoms. The zero-order chi connectivity index (χ0) is 19.3. The molecule has 0 spiro atoms. The summed E-state index contributed by atoms with van der Waals surface area (Å²) >= 11 is 0. The minimum absolute atomic E-state index is 0.653. The quantitative estimate of drug-likeness (QED) is 0.733. The Morgan fingerprint density at radius 3 is 2.64 bits per heavy atom. The highest BCUT2D eigenvalue weighted by molar-refractivity contribution is 5.58. The lowest BCUT2D eigenvalue weighted by atomic mass is 10.2. The van der Waals surface area contributed by atoms with Gasteiger partial charge in [-0.1, -0.05) is 6.07 Å². The first-order valence-corrected chi connectivity index (χ1v) is 9.48. The van der Waals surface area contributed by atoms with Gasteiger partial charge in [0.1, 0.15) is 11.6 Å². The van der Waals surface area contributed by atoms with Crippen LogP contribution in [-0.4, -0.2) is 46.2 Å². The Kier molecular flexibility index (Phi) is 5.43. The van der Waals surface area contributed by atoms with Gasteiger partial charge in [0.05, 0.1) is 13.2 Å².